The number of hydrogen-bond acceptors (Lipinski definition) is 3. The van der Waals surface area contributed by atoms with Crippen LogP contribution in [0.15, 0.2) is 0 Å². The molecule has 0 unspecified atom stereocenters. The van der Waals surface area contributed by atoms with E-state index in [-0.39, 0.29) is 5.97 Å². The summed E-state index contributed by atoms with van der Waals surface area (Å²) >= 11 is 0. The van der Waals surface area contributed by atoms with Gasteiger partial charge in [0.1, 0.15) is 0 Å². The molecule has 3 nitrogen and oxygen atoms in total. The lowest BCUT2D eigenvalue weighted by Gasteiger charge is -2.19. The number of esters is 1. The van der Waals surface area contributed by atoms with E-state index in [1.165, 1.54) is 52.1 Å². The highest BCUT2D eigenvalue weighted by atomic mass is 16.5. The van der Waals surface area contributed by atoms with Gasteiger partial charge >= 0.3 is 5.97 Å². The van der Waals surface area contributed by atoms with Gasteiger partial charge in [0.05, 0.1) is 13.7 Å². The molecule has 1 fully saturated rings. The summed E-state index contributed by atoms with van der Waals surface area (Å²) in [6.07, 6.45) is 9.50. The van der Waals surface area contributed by atoms with E-state index in [1.807, 2.05) is 0 Å². The first-order chi connectivity index (χ1) is 7.33. The Bertz CT molecular complexity index is 174. The maximum absolute atomic E-state index is 10.9. The van der Waals surface area contributed by atoms with Crippen molar-refractivity contribution >= 4 is 5.97 Å². The maximum atomic E-state index is 10.9. The van der Waals surface area contributed by atoms with Gasteiger partial charge in [-0.05, 0) is 25.3 Å². The molecule has 0 aromatic rings. The summed E-state index contributed by atoms with van der Waals surface area (Å²) in [5.74, 6) is 0.593. The van der Waals surface area contributed by atoms with Crippen LogP contribution >= 0.6 is 0 Å². The van der Waals surface area contributed by atoms with Crippen LogP contribution in [0.2, 0.25) is 0 Å². The van der Waals surface area contributed by atoms with Crippen LogP contribution < -0.4 is 5.32 Å². The minimum Gasteiger partial charge on any atom is -0.468 e. The van der Waals surface area contributed by atoms with Crippen LogP contribution in [0, 0.1) is 5.92 Å². The Morgan fingerprint density at radius 3 is 2.40 bits per heavy atom. The molecule has 0 amide bonds. The van der Waals surface area contributed by atoms with Crippen LogP contribution in [-0.2, 0) is 9.53 Å². The third-order valence-electron chi connectivity index (χ3n) is 3.15. The summed E-state index contributed by atoms with van der Waals surface area (Å²) in [6, 6.07) is 0. The molecule has 0 aromatic heterocycles. The highest BCUT2D eigenvalue weighted by molar-refractivity contribution is 5.71. The molecule has 1 aliphatic carbocycles. The fourth-order valence-electron chi connectivity index (χ4n) is 2.20. The first kappa shape index (κ1) is 12.5. The first-order valence-corrected chi connectivity index (χ1v) is 6.10. The van der Waals surface area contributed by atoms with Crippen molar-refractivity contribution < 1.29 is 9.53 Å². The van der Waals surface area contributed by atoms with Crippen molar-refractivity contribution in [3.05, 3.63) is 0 Å². The second kappa shape index (κ2) is 7.69. The van der Waals surface area contributed by atoms with Crippen molar-refractivity contribution in [2.24, 2.45) is 5.92 Å². The second-order valence-electron chi connectivity index (χ2n) is 4.42. The SMILES string of the molecule is COC(=O)CNCC1CCCCCCC1. The van der Waals surface area contributed by atoms with Gasteiger partial charge in [-0.2, -0.15) is 0 Å². The van der Waals surface area contributed by atoms with Crippen LogP contribution in [-0.4, -0.2) is 26.2 Å². The van der Waals surface area contributed by atoms with Crippen LogP contribution in [0.3, 0.4) is 0 Å². The molecule has 0 heterocycles. The topological polar surface area (TPSA) is 38.3 Å². The zero-order chi connectivity index (χ0) is 10.9. The van der Waals surface area contributed by atoms with E-state index in [2.05, 4.69) is 10.1 Å². The molecule has 1 saturated carbocycles. The van der Waals surface area contributed by atoms with Gasteiger partial charge in [-0.1, -0.05) is 32.1 Å². The molecule has 0 bridgehead atoms. The van der Waals surface area contributed by atoms with E-state index in [0.717, 1.165) is 12.5 Å². The molecule has 15 heavy (non-hydrogen) atoms. The number of nitrogens with one attached hydrogen (secondary N) is 1. The molecular weight excluding hydrogens is 190 g/mol. The molecule has 0 radical (unpaired) electrons. The number of rotatable bonds is 4. The predicted molar refractivity (Wildman–Crippen MR) is 60.7 cm³/mol. The molecule has 0 saturated heterocycles. The van der Waals surface area contributed by atoms with Crippen molar-refractivity contribution in [1.82, 2.24) is 5.32 Å². The highest BCUT2D eigenvalue weighted by Crippen LogP contribution is 2.21. The normalized spacial score (nSPS) is 19.3. The Morgan fingerprint density at radius 2 is 1.80 bits per heavy atom. The van der Waals surface area contributed by atoms with E-state index in [0.29, 0.717) is 6.54 Å². The number of ether oxygens (including phenoxy) is 1. The lowest BCUT2D eigenvalue weighted by molar-refractivity contribution is -0.139. The minimum absolute atomic E-state index is 0.166. The number of methoxy groups -OCH3 is 1. The predicted octanol–water partition coefficient (Wildman–Crippen LogP) is 2.11. The summed E-state index contributed by atoms with van der Waals surface area (Å²) in [5, 5.41) is 3.18. The quantitative estimate of drug-likeness (QED) is 0.727. The second-order valence-corrected chi connectivity index (χ2v) is 4.42. The average Bonchev–Trinajstić information content (AvgIpc) is 2.20. The Balaban J connectivity index is 2.09. The summed E-state index contributed by atoms with van der Waals surface area (Å²) in [5.41, 5.74) is 0. The molecule has 0 aromatic carbocycles. The van der Waals surface area contributed by atoms with Crippen LogP contribution in [0.5, 0.6) is 0 Å². The van der Waals surface area contributed by atoms with Gasteiger partial charge < -0.3 is 10.1 Å². The third-order valence-corrected chi connectivity index (χ3v) is 3.15. The van der Waals surface area contributed by atoms with Gasteiger partial charge in [0.25, 0.3) is 0 Å². The molecule has 1 N–H and O–H groups in total. The lowest BCUT2D eigenvalue weighted by Crippen LogP contribution is -2.29. The number of hydrogen-bond donors (Lipinski definition) is 1. The molecule has 88 valence electrons. The highest BCUT2D eigenvalue weighted by Gasteiger charge is 2.11. The third kappa shape index (κ3) is 5.78. The van der Waals surface area contributed by atoms with Crippen molar-refractivity contribution in [3.8, 4) is 0 Å². The van der Waals surface area contributed by atoms with Gasteiger partial charge in [-0.15, -0.1) is 0 Å². The van der Waals surface area contributed by atoms with Crippen LogP contribution in [0.4, 0.5) is 0 Å². The Labute approximate surface area is 92.6 Å². The monoisotopic (exact) mass is 213 g/mol. The molecular formula is C12H23NO2. The Kier molecular flexibility index (Phi) is 6.41. The van der Waals surface area contributed by atoms with Gasteiger partial charge in [-0.3, -0.25) is 4.79 Å². The number of carbonyl (C=O) groups excluding carboxylic acids is 1. The minimum atomic E-state index is -0.166. The fourth-order valence-corrected chi connectivity index (χ4v) is 2.20. The van der Waals surface area contributed by atoms with Crippen LogP contribution in [0.25, 0.3) is 0 Å². The smallest absolute Gasteiger partial charge is 0.319 e. The Hall–Kier alpha value is -0.570. The van der Waals surface area contributed by atoms with Crippen molar-refractivity contribution in [2.45, 2.75) is 44.9 Å². The van der Waals surface area contributed by atoms with E-state index in [1.54, 1.807) is 0 Å². The average molecular weight is 213 g/mol. The lowest BCUT2D eigenvalue weighted by atomic mass is 9.91. The summed E-state index contributed by atoms with van der Waals surface area (Å²) in [6.45, 7) is 1.32. The van der Waals surface area contributed by atoms with E-state index < -0.39 is 0 Å². The molecule has 0 spiro atoms. The van der Waals surface area contributed by atoms with Crippen molar-refractivity contribution in [2.75, 3.05) is 20.2 Å². The molecule has 3 heteroatoms. The van der Waals surface area contributed by atoms with E-state index >= 15 is 0 Å². The van der Waals surface area contributed by atoms with Crippen molar-refractivity contribution in [1.29, 1.82) is 0 Å². The van der Waals surface area contributed by atoms with Crippen LogP contribution in [0.1, 0.15) is 44.9 Å². The zero-order valence-electron chi connectivity index (χ0n) is 9.76. The molecule has 0 aliphatic heterocycles. The van der Waals surface area contributed by atoms with Gasteiger partial charge in [0, 0.05) is 0 Å². The van der Waals surface area contributed by atoms with Gasteiger partial charge in [0.2, 0.25) is 0 Å². The maximum Gasteiger partial charge on any atom is 0.319 e. The van der Waals surface area contributed by atoms with E-state index in [9.17, 15) is 4.79 Å². The summed E-state index contributed by atoms with van der Waals surface area (Å²) in [4.78, 5) is 10.9. The number of carbonyl (C=O) groups is 1. The summed E-state index contributed by atoms with van der Waals surface area (Å²) in [7, 11) is 1.43. The summed E-state index contributed by atoms with van der Waals surface area (Å²) < 4.78 is 4.58. The molecule has 1 rings (SSSR count). The van der Waals surface area contributed by atoms with Gasteiger partial charge in [0.15, 0.2) is 0 Å². The zero-order valence-corrected chi connectivity index (χ0v) is 9.76. The Morgan fingerprint density at radius 1 is 1.20 bits per heavy atom. The molecule has 1 aliphatic rings. The molecule has 0 atom stereocenters. The largest absolute Gasteiger partial charge is 0.468 e. The first-order valence-electron chi connectivity index (χ1n) is 6.10. The van der Waals surface area contributed by atoms with Crippen molar-refractivity contribution in [3.63, 3.8) is 0 Å². The standard InChI is InChI=1S/C12H23NO2/c1-15-12(14)10-13-9-11-7-5-3-2-4-6-8-11/h11,13H,2-10H2,1H3. The fraction of sp³-hybridized carbons (Fsp3) is 0.917. The van der Waals surface area contributed by atoms with Gasteiger partial charge in [-0.25, -0.2) is 0 Å². The van der Waals surface area contributed by atoms with E-state index in [4.69, 9.17) is 0 Å².